The zero-order chi connectivity index (χ0) is 14.6. The molecule has 2 saturated heterocycles. The summed E-state index contributed by atoms with van der Waals surface area (Å²) in [5, 5.41) is 9.39. The van der Waals surface area contributed by atoms with Gasteiger partial charge in [0, 0.05) is 12.1 Å². The number of likely N-dealkylation sites (tertiary alicyclic amines) is 1. The van der Waals surface area contributed by atoms with Crippen molar-refractivity contribution in [2.24, 2.45) is 5.92 Å². The lowest BCUT2D eigenvalue weighted by molar-refractivity contribution is -0.146. The molecule has 0 aromatic carbocycles. The molecular formula is C16H29NO3. The molecule has 2 rings (SSSR count). The Labute approximate surface area is 122 Å². The highest BCUT2D eigenvalue weighted by Gasteiger charge is 2.44. The van der Waals surface area contributed by atoms with E-state index in [0.29, 0.717) is 12.5 Å². The van der Waals surface area contributed by atoms with Crippen LogP contribution in [0.5, 0.6) is 0 Å². The van der Waals surface area contributed by atoms with E-state index >= 15 is 0 Å². The van der Waals surface area contributed by atoms with Crippen LogP contribution in [0, 0.1) is 5.92 Å². The molecule has 0 bridgehead atoms. The fourth-order valence-electron chi connectivity index (χ4n) is 3.75. The maximum Gasteiger partial charge on any atom is 0.305 e. The van der Waals surface area contributed by atoms with Crippen molar-refractivity contribution in [3.8, 4) is 0 Å². The molecule has 20 heavy (non-hydrogen) atoms. The number of rotatable bonds is 4. The molecule has 2 aliphatic heterocycles. The molecule has 0 aromatic rings. The Bertz CT molecular complexity index is 324. The first kappa shape index (κ1) is 15.8. The van der Waals surface area contributed by atoms with E-state index in [1.807, 2.05) is 0 Å². The Kier molecular flexibility index (Phi) is 5.44. The van der Waals surface area contributed by atoms with E-state index in [1.165, 1.54) is 25.7 Å². The second-order valence-corrected chi connectivity index (χ2v) is 6.80. The Morgan fingerprint density at radius 1 is 1.30 bits per heavy atom. The number of ether oxygens (including phenoxy) is 1. The van der Waals surface area contributed by atoms with Crippen molar-refractivity contribution in [2.75, 3.05) is 19.7 Å². The van der Waals surface area contributed by atoms with Crippen LogP contribution in [-0.4, -0.2) is 47.3 Å². The molecule has 2 aliphatic rings. The van der Waals surface area contributed by atoms with E-state index < -0.39 is 5.97 Å². The van der Waals surface area contributed by atoms with Gasteiger partial charge in [-0.15, -0.1) is 0 Å². The minimum Gasteiger partial charge on any atom is -0.481 e. The monoisotopic (exact) mass is 283 g/mol. The number of carboxylic acid groups (broad SMARTS) is 1. The van der Waals surface area contributed by atoms with E-state index in [2.05, 4.69) is 18.7 Å². The van der Waals surface area contributed by atoms with E-state index in [0.717, 1.165) is 25.9 Å². The molecule has 2 unspecified atom stereocenters. The molecule has 2 fully saturated rings. The lowest BCUT2D eigenvalue weighted by atomic mass is 9.79. The standard InChI is InChI=1S/C16H29NO3/c1-13(2)14-11-16(7-10-20-14,12-15(18)19)17-8-5-3-4-6-9-17/h13-14H,3-12H2,1-2H3,(H,18,19). The molecule has 4 heteroatoms. The first-order valence-electron chi connectivity index (χ1n) is 8.12. The molecule has 0 saturated carbocycles. The predicted molar refractivity (Wildman–Crippen MR) is 78.8 cm³/mol. The van der Waals surface area contributed by atoms with Crippen LogP contribution in [0.25, 0.3) is 0 Å². The van der Waals surface area contributed by atoms with Gasteiger partial charge in [0.15, 0.2) is 0 Å². The third-order valence-corrected chi connectivity index (χ3v) is 4.98. The number of hydrogen-bond donors (Lipinski definition) is 1. The molecule has 116 valence electrons. The van der Waals surface area contributed by atoms with Crippen LogP contribution < -0.4 is 0 Å². The molecule has 2 heterocycles. The fraction of sp³-hybridized carbons (Fsp3) is 0.938. The summed E-state index contributed by atoms with van der Waals surface area (Å²) < 4.78 is 5.88. The van der Waals surface area contributed by atoms with Gasteiger partial charge in [0.05, 0.1) is 12.5 Å². The molecule has 0 amide bonds. The second-order valence-electron chi connectivity index (χ2n) is 6.80. The number of carboxylic acids is 1. The highest BCUT2D eigenvalue weighted by molar-refractivity contribution is 5.68. The first-order valence-corrected chi connectivity index (χ1v) is 8.12. The number of aliphatic carboxylic acids is 1. The highest BCUT2D eigenvalue weighted by Crippen LogP contribution is 2.37. The smallest absolute Gasteiger partial charge is 0.305 e. The SMILES string of the molecule is CC(C)C1CC(CC(=O)O)(N2CCCCCC2)CCO1. The first-order chi connectivity index (χ1) is 9.53. The van der Waals surface area contributed by atoms with Crippen LogP contribution >= 0.6 is 0 Å². The molecule has 0 spiro atoms. The van der Waals surface area contributed by atoms with Crippen molar-refractivity contribution in [2.45, 2.75) is 70.4 Å². The Morgan fingerprint density at radius 3 is 2.50 bits per heavy atom. The minimum atomic E-state index is -0.668. The molecule has 4 nitrogen and oxygen atoms in total. The minimum absolute atomic E-state index is 0.177. The maximum atomic E-state index is 11.4. The van der Waals surface area contributed by atoms with E-state index in [9.17, 15) is 9.90 Å². The molecule has 0 aromatic heterocycles. The van der Waals surface area contributed by atoms with Crippen molar-refractivity contribution >= 4 is 5.97 Å². The van der Waals surface area contributed by atoms with Crippen molar-refractivity contribution in [1.82, 2.24) is 4.90 Å². The largest absolute Gasteiger partial charge is 0.481 e. The predicted octanol–water partition coefficient (Wildman–Crippen LogP) is 2.91. The van der Waals surface area contributed by atoms with Gasteiger partial charge >= 0.3 is 5.97 Å². The van der Waals surface area contributed by atoms with Crippen molar-refractivity contribution < 1.29 is 14.6 Å². The normalized spacial score (nSPS) is 33.0. The van der Waals surface area contributed by atoms with Gasteiger partial charge in [-0.25, -0.2) is 0 Å². The Morgan fingerprint density at radius 2 is 1.95 bits per heavy atom. The Hall–Kier alpha value is -0.610. The van der Waals surface area contributed by atoms with Crippen LogP contribution in [0.2, 0.25) is 0 Å². The zero-order valence-corrected chi connectivity index (χ0v) is 12.9. The molecule has 0 aliphatic carbocycles. The second kappa shape index (κ2) is 6.90. The van der Waals surface area contributed by atoms with E-state index in [4.69, 9.17) is 4.74 Å². The summed E-state index contributed by atoms with van der Waals surface area (Å²) in [5.41, 5.74) is -0.177. The van der Waals surface area contributed by atoms with Crippen LogP contribution in [0.1, 0.15) is 58.8 Å². The van der Waals surface area contributed by atoms with Gasteiger partial charge in [0.2, 0.25) is 0 Å². The van der Waals surface area contributed by atoms with Gasteiger partial charge < -0.3 is 9.84 Å². The lowest BCUT2D eigenvalue weighted by Crippen LogP contribution is -2.56. The van der Waals surface area contributed by atoms with Crippen molar-refractivity contribution in [1.29, 1.82) is 0 Å². The quantitative estimate of drug-likeness (QED) is 0.862. The summed E-state index contributed by atoms with van der Waals surface area (Å²) in [6.45, 7) is 7.15. The summed E-state index contributed by atoms with van der Waals surface area (Å²) in [4.78, 5) is 13.9. The van der Waals surface area contributed by atoms with Gasteiger partial charge in [0.25, 0.3) is 0 Å². The van der Waals surface area contributed by atoms with E-state index in [-0.39, 0.29) is 18.1 Å². The molecule has 0 radical (unpaired) electrons. The summed E-state index contributed by atoms with van der Waals surface area (Å²) in [6.07, 6.45) is 7.17. The van der Waals surface area contributed by atoms with Gasteiger partial charge in [0.1, 0.15) is 0 Å². The van der Waals surface area contributed by atoms with Crippen LogP contribution in [-0.2, 0) is 9.53 Å². The fourth-order valence-corrected chi connectivity index (χ4v) is 3.75. The zero-order valence-electron chi connectivity index (χ0n) is 12.9. The van der Waals surface area contributed by atoms with Crippen molar-refractivity contribution in [3.63, 3.8) is 0 Å². The topological polar surface area (TPSA) is 49.8 Å². The summed E-state index contributed by atoms with van der Waals surface area (Å²) in [6, 6.07) is 0. The van der Waals surface area contributed by atoms with Gasteiger partial charge in [-0.3, -0.25) is 9.69 Å². The Balaban J connectivity index is 2.17. The third-order valence-electron chi connectivity index (χ3n) is 4.98. The molecule has 1 N–H and O–H groups in total. The summed E-state index contributed by atoms with van der Waals surface area (Å²) in [5.74, 6) is -0.214. The number of nitrogens with zero attached hydrogens (tertiary/aromatic N) is 1. The summed E-state index contributed by atoms with van der Waals surface area (Å²) in [7, 11) is 0. The van der Waals surface area contributed by atoms with E-state index in [1.54, 1.807) is 0 Å². The van der Waals surface area contributed by atoms with Gasteiger partial charge in [-0.1, -0.05) is 26.7 Å². The summed E-state index contributed by atoms with van der Waals surface area (Å²) >= 11 is 0. The van der Waals surface area contributed by atoms with Gasteiger partial charge in [-0.05, 0) is 44.7 Å². The number of hydrogen-bond acceptors (Lipinski definition) is 3. The molecule has 2 atom stereocenters. The lowest BCUT2D eigenvalue weighted by Gasteiger charge is -2.48. The van der Waals surface area contributed by atoms with Crippen LogP contribution in [0.3, 0.4) is 0 Å². The van der Waals surface area contributed by atoms with Crippen molar-refractivity contribution in [3.05, 3.63) is 0 Å². The average Bonchev–Trinajstić information content (AvgIpc) is 2.67. The van der Waals surface area contributed by atoms with Gasteiger partial charge in [-0.2, -0.15) is 0 Å². The average molecular weight is 283 g/mol. The van der Waals surface area contributed by atoms with Crippen LogP contribution in [0.4, 0.5) is 0 Å². The third kappa shape index (κ3) is 3.73. The number of carbonyl (C=O) groups is 1. The van der Waals surface area contributed by atoms with Crippen LogP contribution in [0.15, 0.2) is 0 Å². The maximum absolute atomic E-state index is 11.4. The highest BCUT2D eigenvalue weighted by atomic mass is 16.5. The molecular weight excluding hydrogens is 254 g/mol.